The number of esters is 1. The minimum atomic E-state index is -0.330. The summed E-state index contributed by atoms with van der Waals surface area (Å²) < 4.78 is 17.1. The van der Waals surface area contributed by atoms with Gasteiger partial charge in [0, 0.05) is 26.2 Å². The predicted molar refractivity (Wildman–Crippen MR) is 117 cm³/mol. The lowest BCUT2D eigenvalue weighted by atomic mass is 10.1. The zero-order valence-electron chi connectivity index (χ0n) is 16.9. The molecule has 0 aliphatic carbocycles. The van der Waals surface area contributed by atoms with Crippen LogP contribution in [0.3, 0.4) is 0 Å². The maximum atomic E-state index is 11.5. The summed E-state index contributed by atoms with van der Waals surface area (Å²) in [4.78, 5) is 18.5. The zero-order chi connectivity index (χ0) is 20.8. The smallest absolute Gasteiger partial charge is 0.337 e. The summed E-state index contributed by atoms with van der Waals surface area (Å²) in [5.74, 6) is 0.535. The van der Waals surface area contributed by atoms with Crippen molar-refractivity contribution in [1.29, 1.82) is 0 Å². The fourth-order valence-electron chi connectivity index (χ4n) is 3.24. The van der Waals surface area contributed by atoms with Crippen molar-refractivity contribution in [3.63, 3.8) is 0 Å². The lowest BCUT2D eigenvalue weighted by Gasteiger charge is -2.26. The van der Waals surface area contributed by atoms with Crippen molar-refractivity contribution in [2.45, 2.75) is 6.54 Å². The number of carbonyl (C=O) groups is 1. The zero-order valence-corrected chi connectivity index (χ0v) is 17.7. The lowest BCUT2D eigenvalue weighted by Crippen LogP contribution is -2.38. The van der Waals surface area contributed by atoms with Gasteiger partial charge >= 0.3 is 5.97 Å². The first kappa shape index (κ1) is 20.6. The number of methoxy groups -OCH3 is 1. The third-order valence-electron chi connectivity index (χ3n) is 4.96. The number of carbonyl (C=O) groups excluding carboxylic acids is 1. The molecule has 8 heteroatoms. The molecule has 0 saturated carbocycles. The quantitative estimate of drug-likeness (QED) is 0.552. The van der Waals surface area contributed by atoms with E-state index in [1.807, 2.05) is 30.3 Å². The number of nitrogens with zero attached hydrogens (tertiary/aromatic N) is 2. The van der Waals surface area contributed by atoms with Gasteiger partial charge in [-0.3, -0.25) is 4.90 Å². The van der Waals surface area contributed by atoms with E-state index in [0.717, 1.165) is 59.5 Å². The van der Waals surface area contributed by atoms with E-state index in [9.17, 15) is 4.79 Å². The number of hydrogen-bond acceptors (Lipinski definition) is 8. The highest BCUT2D eigenvalue weighted by Crippen LogP contribution is 2.29. The standard InChI is InChI=1S/C22H25N3O4S/c1-27-21(26)17-4-2-16(3-5-17)15-23-22-24-19-7-6-18(14-20(19)30-22)29-13-10-25-8-11-28-12-9-25/h2-7,14H,8-13,15H2,1H3,(H,23,24). The van der Waals surface area contributed by atoms with Crippen molar-refractivity contribution >= 4 is 32.7 Å². The maximum Gasteiger partial charge on any atom is 0.337 e. The number of anilines is 1. The highest BCUT2D eigenvalue weighted by atomic mass is 32.1. The van der Waals surface area contributed by atoms with Gasteiger partial charge in [-0.05, 0) is 35.9 Å². The first-order chi connectivity index (χ1) is 14.7. The van der Waals surface area contributed by atoms with Crippen LogP contribution in [0.15, 0.2) is 42.5 Å². The van der Waals surface area contributed by atoms with Crippen molar-refractivity contribution in [2.75, 3.05) is 51.9 Å². The van der Waals surface area contributed by atoms with Gasteiger partial charge in [-0.1, -0.05) is 23.5 Å². The van der Waals surface area contributed by atoms with Crippen molar-refractivity contribution in [2.24, 2.45) is 0 Å². The first-order valence-corrected chi connectivity index (χ1v) is 10.8. The molecule has 1 saturated heterocycles. The molecule has 0 amide bonds. The van der Waals surface area contributed by atoms with Crippen molar-refractivity contribution < 1.29 is 19.0 Å². The fraction of sp³-hybridized carbons (Fsp3) is 0.364. The van der Waals surface area contributed by atoms with Gasteiger partial charge in [0.15, 0.2) is 5.13 Å². The Morgan fingerprint density at radius 2 is 2.00 bits per heavy atom. The van der Waals surface area contributed by atoms with Crippen LogP contribution in [0, 0.1) is 0 Å². The number of ether oxygens (including phenoxy) is 3. The number of morpholine rings is 1. The van der Waals surface area contributed by atoms with Crippen molar-refractivity contribution in [3.8, 4) is 5.75 Å². The Balaban J connectivity index is 1.31. The third kappa shape index (κ3) is 5.27. The molecule has 7 nitrogen and oxygen atoms in total. The highest BCUT2D eigenvalue weighted by Gasteiger charge is 2.11. The van der Waals surface area contributed by atoms with E-state index < -0.39 is 0 Å². The van der Waals surface area contributed by atoms with Gasteiger partial charge < -0.3 is 19.5 Å². The average molecular weight is 428 g/mol. The van der Waals surface area contributed by atoms with Gasteiger partial charge in [0.1, 0.15) is 12.4 Å². The number of fused-ring (bicyclic) bond motifs is 1. The van der Waals surface area contributed by atoms with Gasteiger partial charge in [0.05, 0.1) is 36.1 Å². The van der Waals surface area contributed by atoms with Gasteiger partial charge in [-0.25, -0.2) is 9.78 Å². The normalized spacial score (nSPS) is 14.6. The second kappa shape index (κ2) is 9.88. The Kier molecular flexibility index (Phi) is 6.78. The van der Waals surface area contributed by atoms with Gasteiger partial charge in [0.25, 0.3) is 0 Å². The van der Waals surface area contributed by atoms with Crippen molar-refractivity contribution in [3.05, 3.63) is 53.6 Å². The molecule has 4 rings (SSSR count). The SMILES string of the molecule is COC(=O)c1ccc(CNc2nc3ccc(OCCN4CCOCC4)cc3s2)cc1. The van der Waals surface area contributed by atoms with E-state index in [0.29, 0.717) is 18.7 Å². The predicted octanol–water partition coefficient (Wildman–Crippen LogP) is 3.41. The number of thiazole rings is 1. The summed E-state index contributed by atoms with van der Waals surface area (Å²) in [6.07, 6.45) is 0. The molecule has 1 N–H and O–H groups in total. The minimum absolute atomic E-state index is 0.330. The average Bonchev–Trinajstić information content (AvgIpc) is 3.20. The van der Waals surface area contributed by atoms with Gasteiger partial charge in [-0.2, -0.15) is 0 Å². The Hall–Kier alpha value is -2.68. The molecule has 2 aromatic carbocycles. The molecular formula is C22H25N3O4S. The summed E-state index contributed by atoms with van der Waals surface area (Å²) in [7, 11) is 1.38. The van der Waals surface area contributed by atoms with Crippen LogP contribution in [0.5, 0.6) is 5.75 Å². The Morgan fingerprint density at radius 1 is 1.20 bits per heavy atom. The molecule has 0 atom stereocenters. The molecule has 1 aliphatic rings. The first-order valence-electron chi connectivity index (χ1n) is 9.96. The van der Waals surface area contributed by atoms with Crippen LogP contribution in [0.4, 0.5) is 5.13 Å². The number of aromatic nitrogens is 1. The summed E-state index contributed by atoms with van der Waals surface area (Å²) >= 11 is 1.60. The van der Waals surface area contributed by atoms with Crippen LogP contribution in [-0.2, 0) is 16.0 Å². The summed E-state index contributed by atoms with van der Waals surface area (Å²) in [6, 6.07) is 13.4. The van der Waals surface area contributed by atoms with Crippen LogP contribution in [0.25, 0.3) is 10.2 Å². The van der Waals surface area contributed by atoms with Crippen LogP contribution in [-0.4, -0.2) is 62.4 Å². The number of rotatable bonds is 8. The molecular weight excluding hydrogens is 402 g/mol. The lowest BCUT2D eigenvalue weighted by molar-refractivity contribution is 0.0322. The monoisotopic (exact) mass is 427 g/mol. The Morgan fingerprint density at radius 3 is 2.77 bits per heavy atom. The van der Waals surface area contributed by atoms with Crippen LogP contribution in [0.2, 0.25) is 0 Å². The molecule has 30 heavy (non-hydrogen) atoms. The largest absolute Gasteiger partial charge is 0.492 e. The van der Waals surface area contributed by atoms with Crippen LogP contribution >= 0.6 is 11.3 Å². The molecule has 1 aliphatic heterocycles. The second-order valence-corrected chi connectivity index (χ2v) is 8.02. The van der Waals surface area contributed by atoms with E-state index in [1.165, 1.54) is 7.11 Å². The van der Waals surface area contributed by atoms with Crippen molar-refractivity contribution in [1.82, 2.24) is 9.88 Å². The molecule has 2 heterocycles. The molecule has 0 unspecified atom stereocenters. The van der Waals surface area contributed by atoms with E-state index >= 15 is 0 Å². The fourth-order valence-corrected chi connectivity index (χ4v) is 4.13. The van der Waals surface area contributed by atoms with Crippen LogP contribution < -0.4 is 10.1 Å². The molecule has 0 radical (unpaired) electrons. The number of nitrogens with one attached hydrogen (secondary N) is 1. The van der Waals surface area contributed by atoms with E-state index in [2.05, 4.69) is 15.2 Å². The molecule has 3 aromatic rings. The van der Waals surface area contributed by atoms with E-state index in [4.69, 9.17) is 14.2 Å². The maximum absolute atomic E-state index is 11.5. The molecule has 1 fully saturated rings. The van der Waals surface area contributed by atoms with Crippen LogP contribution in [0.1, 0.15) is 15.9 Å². The molecule has 158 valence electrons. The third-order valence-corrected chi connectivity index (χ3v) is 5.93. The van der Waals surface area contributed by atoms with E-state index in [1.54, 1.807) is 23.5 Å². The van der Waals surface area contributed by atoms with E-state index in [-0.39, 0.29) is 5.97 Å². The molecule has 0 bridgehead atoms. The molecule has 1 aromatic heterocycles. The number of hydrogen-bond donors (Lipinski definition) is 1. The second-order valence-electron chi connectivity index (χ2n) is 6.99. The van der Waals surface area contributed by atoms with Gasteiger partial charge in [0.2, 0.25) is 0 Å². The number of benzene rings is 2. The summed E-state index contributed by atoms with van der Waals surface area (Å²) in [6.45, 7) is 5.75. The summed E-state index contributed by atoms with van der Waals surface area (Å²) in [5.41, 5.74) is 2.56. The minimum Gasteiger partial charge on any atom is -0.492 e. The topological polar surface area (TPSA) is 72.9 Å². The summed E-state index contributed by atoms with van der Waals surface area (Å²) in [5, 5.41) is 4.20. The Bertz CT molecular complexity index is 984. The highest BCUT2D eigenvalue weighted by molar-refractivity contribution is 7.22. The molecule has 0 spiro atoms. The Labute approximate surface area is 179 Å². The van der Waals surface area contributed by atoms with Gasteiger partial charge in [-0.15, -0.1) is 0 Å².